The van der Waals surface area contributed by atoms with Gasteiger partial charge in [-0.05, 0) is 46.4 Å². The molecule has 1 heterocycles. The van der Waals surface area contributed by atoms with Gasteiger partial charge in [-0.15, -0.1) is 0 Å². The minimum Gasteiger partial charge on any atom is -0.368 e. The molecule has 0 radical (unpaired) electrons. The number of para-hydroxylation sites is 1. The highest BCUT2D eigenvalue weighted by Gasteiger charge is 2.22. The van der Waals surface area contributed by atoms with Gasteiger partial charge >= 0.3 is 0 Å². The van der Waals surface area contributed by atoms with Crippen molar-refractivity contribution >= 4 is 5.69 Å². The standard InChI is InChI=1S/C17H29N3/c1-14-13-20(11-10-19(14)5)16-9-7-6-8-15(16)12-18-17(2,3)4/h6-9,14,18H,10-13H2,1-5H3. The van der Waals surface area contributed by atoms with Crippen LogP contribution < -0.4 is 10.2 Å². The van der Waals surface area contributed by atoms with E-state index in [1.807, 2.05) is 0 Å². The molecule has 1 aliphatic heterocycles. The molecule has 1 saturated heterocycles. The minimum atomic E-state index is 0.155. The van der Waals surface area contributed by atoms with Crippen molar-refractivity contribution in [3.63, 3.8) is 0 Å². The quantitative estimate of drug-likeness (QED) is 0.915. The fourth-order valence-electron chi connectivity index (χ4n) is 2.60. The maximum absolute atomic E-state index is 3.60. The Morgan fingerprint density at radius 2 is 1.90 bits per heavy atom. The van der Waals surface area contributed by atoms with E-state index in [1.165, 1.54) is 11.3 Å². The molecule has 0 spiro atoms. The highest BCUT2D eigenvalue weighted by atomic mass is 15.3. The summed E-state index contributed by atoms with van der Waals surface area (Å²) in [4.78, 5) is 4.97. The van der Waals surface area contributed by atoms with Crippen LogP contribution in [0.15, 0.2) is 24.3 Å². The van der Waals surface area contributed by atoms with Crippen molar-refractivity contribution in [1.82, 2.24) is 10.2 Å². The molecular formula is C17H29N3. The Labute approximate surface area is 124 Å². The first kappa shape index (κ1) is 15.3. The Morgan fingerprint density at radius 3 is 2.55 bits per heavy atom. The van der Waals surface area contributed by atoms with E-state index < -0.39 is 0 Å². The topological polar surface area (TPSA) is 18.5 Å². The molecule has 1 aromatic rings. The van der Waals surface area contributed by atoms with Crippen molar-refractivity contribution in [3.8, 4) is 0 Å². The maximum atomic E-state index is 3.60. The van der Waals surface area contributed by atoms with Gasteiger partial charge in [0.25, 0.3) is 0 Å². The first-order valence-corrected chi connectivity index (χ1v) is 7.65. The van der Waals surface area contributed by atoms with Crippen molar-refractivity contribution in [2.75, 3.05) is 31.6 Å². The molecule has 0 bridgehead atoms. The molecule has 3 nitrogen and oxygen atoms in total. The van der Waals surface area contributed by atoms with Crippen LogP contribution in [-0.4, -0.2) is 43.2 Å². The molecule has 1 aliphatic rings. The van der Waals surface area contributed by atoms with Crippen molar-refractivity contribution in [1.29, 1.82) is 0 Å². The van der Waals surface area contributed by atoms with Crippen LogP contribution in [0, 0.1) is 0 Å². The summed E-state index contributed by atoms with van der Waals surface area (Å²) >= 11 is 0. The summed E-state index contributed by atoms with van der Waals surface area (Å²) in [6, 6.07) is 9.42. The summed E-state index contributed by atoms with van der Waals surface area (Å²) in [6.45, 7) is 13.3. The largest absolute Gasteiger partial charge is 0.368 e. The van der Waals surface area contributed by atoms with E-state index in [9.17, 15) is 0 Å². The van der Waals surface area contributed by atoms with E-state index in [-0.39, 0.29) is 5.54 Å². The molecule has 1 N–H and O–H groups in total. The lowest BCUT2D eigenvalue weighted by Gasteiger charge is -2.40. The Balaban J connectivity index is 2.11. The van der Waals surface area contributed by atoms with E-state index in [0.717, 1.165) is 26.2 Å². The second-order valence-corrected chi connectivity index (χ2v) is 7.01. The van der Waals surface area contributed by atoms with Gasteiger partial charge in [-0.3, -0.25) is 0 Å². The maximum Gasteiger partial charge on any atom is 0.0412 e. The summed E-state index contributed by atoms with van der Waals surface area (Å²) in [5.74, 6) is 0. The predicted octanol–water partition coefficient (Wildman–Crippen LogP) is 2.72. The summed E-state index contributed by atoms with van der Waals surface area (Å²) < 4.78 is 0. The molecule has 2 rings (SSSR count). The lowest BCUT2D eigenvalue weighted by molar-refractivity contribution is 0.234. The zero-order chi connectivity index (χ0) is 14.8. The number of piperazine rings is 1. The van der Waals surface area contributed by atoms with E-state index >= 15 is 0 Å². The molecule has 1 unspecified atom stereocenters. The van der Waals surface area contributed by atoms with Gasteiger partial charge in [0, 0.05) is 43.4 Å². The SMILES string of the molecule is CC1CN(c2ccccc2CNC(C)(C)C)CCN1C. The molecule has 0 saturated carbocycles. The lowest BCUT2D eigenvalue weighted by atomic mass is 10.1. The van der Waals surface area contributed by atoms with Crippen LogP contribution in [0.3, 0.4) is 0 Å². The highest BCUT2D eigenvalue weighted by Crippen LogP contribution is 2.23. The van der Waals surface area contributed by atoms with Gasteiger partial charge in [0.1, 0.15) is 0 Å². The lowest BCUT2D eigenvalue weighted by Crippen LogP contribution is -2.50. The van der Waals surface area contributed by atoms with Gasteiger partial charge in [-0.25, -0.2) is 0 Å². The molecular weight excluding hydrogens is 246 g/mol. The van der Waals surface area contributed by atoms with E-state index in [1.54, 1.807) is 0 Å². The summed E-state index contributed by atoms with van der Waals surface area (Å²) in [5, 5.41) is 3.60. The van der Waals surface area contributed by atoms with Crippen LogP contribution in [0.4, 0.5) is 5.69 Å². The van der Waals surface area contributed by atoms with Gasteiger partial charge in [-0.2, -0.15) is 0 Å². The number of anilines is 1. The summed E-state index contributed by atoms with van der Waals surface area (Å²) in [6.07, 6.45) is 0. The van der Waals surface area contributed by atoms with Crippen molar-refractivity contribution < 1.29 is 0 Å². The molecule has 112 valence electrons. The second kappa shape index (κ2) is 6.15. The normalized spacial score (nSPS) is 21.2. The van der Waals surface area contributed by atoms with Crippen LogP contribution in [-0.2, 0) is 6.54 Å². The molecule has 3 heteroatoms. The zero-order valence-corrected chi connectivity index (χ0v) is 13.6. The van der Waals surface area contributed by atoms with Gasteiger partial charge in [0.2, 0.25) is 0 Å². The average Bonchev–Trinajstić information content (AvgIpc) is 2.39. The van der Waals surface area contributed by atoms with Gasteiger partial charge < -0.3 is 15.1 Å². The fraction of sp³-hybridized carbons (Fsp3) is 0.647. The average molecular weight is 275 g/mol. The van der Waals surface area contributed by atoms with Crippen LogP contribution in [0.2, 0.25) is 0 Å². The Bertz CT molecular complexity index is 436. The van der Waals surface area contributed by atoms with Crippen LogP contribution in [0.5, 0.6) is 0 Å². The molecule has 1 aromatic carbocycles. The number of hydrogen-bond acceptors (Lipinski definition) is 3. The first-order chi connectivity index (χ1) is 9.37. The summed E-state index contributed by atoms with van der Waals surface area (Å²) in [5.41, 5.74) is 2.95. The smallest absolute Gasteiger partial charge is 0.0412 e. The number of benzene rings is 1. The van der Waals surface area contributed by atoms with Gasteiger partial charge in [0.05, 0.1) is 0 Å². The highest BCUT2D eigenvalue weighted by molar-refractivity contribution is 5.54. The zero-order valence-electron chi connectivity index (χ0n) is 13.6. The molecule has 1 atom stereocenters. The van der Waals surface area contributed by atoms with E-state index in [4.69, 9.17) is 0 Å². The molecule has 1 fully saturated rings. The molecule has 0 aromatic heterocycles. The van der Waals surface area contributed by atoms with Crippen molar-refractivity contribution in [2.45, 2.75) is 45.8 Å². The summed E-state index contributed by atoms with van der Waals surface area (Å²) in [7, 11) is 2.22. The van der Waals surface area contributed by atoms with Crippen molar-refractivity contribution in [3.05, 3.63) is 29.8 Å². The van der Waals surface area contributed by atoms with E-state index in [2.05, 4.69) is 74.1 Å². The van der Waals surface area contributed by atoms with Gasteiger partial charge in [0.15, 0.2) is 0 Å². The molecule has 0 amide bonds. The minimum absolute atomic E-state index is 0.155. The fourth-order valence-corrected chi connectivity index (χ4v) is 2.60. The first-order valence-electron chi connectivity index (χ1n) is 7.65. The third-order valence-electron chi connectivity index (χ3n) is 4.10. The third-order valence-corrected chi connectivity index (χ3v) is 4.10. The third kappa shape index (κ3) is 3.97. The van der Waals surface area contributed by atoms with E-state index in [0.29, 0.717) is 6.04 Å². The molecule has 0 aliphatic carbocycles. The predicted molar refractivity (Wildman–Crippen MR) is 87.3 cm³/mol. The number of likely N-dealkylation sites (N-methyl/N-ethyl adjacent to an activating group) is 1. The number of nitrogens with zero attached hydrogens (tertiary/aromatic N) is 2. The number of nitrogens with one attached hydrogen (secondary N) is 1. The second-order valence-electron chi connectivity index (χ2n) is 7.01. The van der Waals surface area contributed by atoms with Gasteiger partial charge in [-0.1, -0.05) is 18.2 Å². The Hall–Kier alpha value is -1.06. The monoisotopic (exact) mass is 275 g/mol. The van der Waals surface area contributed by atoms with Crippen LogP contribution >= 0.6 is 0 Å². The van der Waals surface area contributed by atoms with Crippen LogP contribution in [0.25, 0.3) is 0 Å². The number of rotatable bonds is 3. The Kier molecular flexibility index (Phi) is 4.71. The Morgan fingerprint density at radius 1 is 1.20 bits per heavy atom. The van der Waals surface area contributed by atoms with Crippen LogP contribution in [0.1, 0.15) is 33.3 Å². The number of hydrogen-bond donors (Lipinski definition) is 1. The molecule has 20 heavy (non-hydrogen) atoms. The van der Waals surface area contributed by atoms with Crippen molar-refractivity contribution in [2.24, 2.45) is 0 Å².